The first kappa shape index (κ1) is 18.0. The minimum absolute atomic E-state index is 0.242. The van der Waals surface area contributed by atoms with Crippen molar-refractivity contribution in [3.05, 3.63) is 65.2 Å². The monoisotopic (exact) mass is 365 g/mol. The van der Waals surface area contributed by atoms with Crippen LogP contribution in [0.3, 0.4) is 0 Å². The lowest BCUT2D eigenvalue weighted by Gasteiger charge is -2.22. The topological polar surface area (TPSA) is 60.1 Å². The summed E-state index contributed by atoms with van der Waals surface area (Å²) in [6.45, 7) is 3.07. The molecule has 0 aromatic heterocycles. The summed E-state index contributed by atoms with van der Waals surface area (Å²) in [6.07, 6.45) is 4.65. The average Bonchev–Trinajstić information content (AvgIpc) is 3.15. The highest BCUT2D eigenvalue weighted by molar-refractivity contribution is 5.99. The smallest absolute Gasteiger partial charge is 0.145 e. The first-order chi connectivity index (χ1) is 13.3. The van der Waals surface area contributed by atoms with Crippen LogP contribution in [0.2, 0.25) is 0 Å². The van der Waals surface area contributed by atoms with Crippen molar-refractivity contribution in [1.82, 2.24) is 5.01 Å². The molecule has 2 N–H and O–H groups in total. The Hall–Kier alpha value is -2.37. The third kappa shape index (κ3) is 4.67. The van der Waals surface area contributed by atoms with E-state index in [1.807, 2.05) is 12.1 Å². The SMILES string of the molecule is NN1CCN=C1c1ccc(Cc2ccc(OCC3CCCCO3)cc2)cc1. The molecular weight excluding hydrogens is 338 g/mol. The second kappa shape index (κ2) is 8.55. The van der Waals surface area contributed by atoms with E-state index in [4.69, 9.17) is 15.3 Å². The van der Waals surface area contributed by atoms with E-state index in [1.54, 1.807) is 5.01 Å². The highest BCUT2D eigenvalue weighted by Crippen LogP contribution is 2.19. The van der Waals surface area contributed by atoms with E-state index < -0.39 is 0 Å². The lowest BCUT2D eigenvalue weighted by Crippen LogP contribution is -2.34. The van der Waals surface area contributed by atoms with Gasteiger partial charge in [0.1, 0.15) is 18.2 Å². The Balaban J connectivity index is 1.31. The number of hydrogen-bond acceptors (Lipinski definition) is 5. The van der Waals surface area contributed by atoms with Crippen molar-refractivity contribution in [3.8, 4) is 5.75 Å². The highest BCUT2D eigenvalue weighted by Gasteiger charge is 2.15. The predicted octanol–water partition coefficient (Wildman–Crippen LogP) is 3.16. The molecule has 2 aliphatic rings. The molecule has 5 nitrogen and oxygen atoms in total. The van der Waals surface area contributed by atoms with Crippen LogP contribution < -0.4 is 10.6 Å². The van der Waals surface area contributed by atoms with Gasteiger partial charge in [-0.05, 0) is 48.9 Å². The Morgan fingerprint density at radius 1 is 1.04 bits per heavy atom. The summed E-state index contributed by atoms with van der Waals surface area (Å²) in [4.78, 5) is 4.46. The fourth-order valence-corrected chi connectivity index (χ4v) is 3.56. The van der Waals surface area contributed by atoms with Crippen LogP contribution >= 0.6 is 0 Å². The van der Waals surface area contributed by atoms with E-state index in [2.05, 4.69) is 41.4 Å². The highest BCUT2D eigenvalue weighted by atomic mass is 16.5. The second-order valence-electron chi connectivity index (χ2n) is 7.22. The van der Waals surface area contributed by atoms with Gasteiger partial charge < -0.3 is 9.47 Å². The van der Waals surface area contributed by atoms with Crippen LogP contribution in [0.15, 0.2) is 53.5 Å². The number of nitrogens with two attached hydrogens (primary N) is 1. The first-order valence-corrected chi connectivity index (χ1v) is 9.77. The van der Waals surface area contributed by atoms with Gasteiger partial charge in [-0.1, -0.05) is 36.4 Å². The molecule has 27 heavy (non-hydrogen) atoms. The summed E-state index contributed by atoms with van der Waals surface area (Å²) in [6, 6.07) is 16.9. The zero-order valence-electron chi connectivity index (χ0n) is 15.6. The van der Waals surface area contributed by atoms with Crippen LogP contribution in [0.25, 0.3) is 0 Å². The minimum Gasteiger partial charge on any atom is -0.491 e. The summed E-state index contributed by atoms with van der Waals surface area (Å²) < 4.78 is 11.6. The zero-order valence-corrected chi connectivity index (χ0v) is 15.6. The molecule has 0 radical (unpaired) electrons. The molecule has 2 aliphatic heterocycles. The summed E-state index contributed by atoms with van der Waals surface area (Å²) >= 11 is 0. The van der Waals surface area contributed by atoms with Gasteiger partial charge in [0.2, 0.25) is 0 Å². The summed E-state index contributed by atoms with van der Waals surface area (Å²) in [5, 5.41) is 1.71. The van der Waals surface area contributed by atoms with Gasteiger partial charge in [0.05, 0.1) is 19.2 Å². The van der Waals surface area contributed by atoms with Crippen LogP contribution in [-0.2, 0) is 11.2 Å². The number of hydrogen-bond donors (Lipinski definition) is 1. The third-order valence-electron chi connectivity index (χ3n) is 5.13. The van der Waals surface area contributed by atoms with E-state index >= 15 is 0 Å². The summed E-state index contributed by atoms with van der Waals surface area (Å²) in [5.74, 6) is 7.73. The van der Waals surface area contributed by atoms with Crippen LogP contribution in [0.5, 0.6) is 5.75 Å². The molecule has 1 atom stereocenters. The van der Waals surface area contributed by atoms with Crippen molar-refractivity contribution < 1.29 is 9.47 Å². The van der Waals surface area contributed by atoms with Crippen LogP contribution in [0, 0.1) is 0 Å². The van der Waals surface area contributed by atoms with Crippen LogP contribution in [0.4, 0.5) is 0 Å². The molecule has 4 rings (SSSR count). The van der Waals surface area contributed by atoms with Crippen LogP contribution in [-0.4, -0.2) is 43.3 Å². The largest absolute Gasteiger partial charge is 0.491 e. The maximum Gasteiger partial charge on any atom is 0.145 e. The molecule has 0 bridgehead atoms. The predicted molar refractivity (Wildman–Crippen MR) is 107 cm³/mol. The fraction of sp³-hybridized carbons (Fsp3) is 0.409. The molecule has 2 aromatic carbocycles. The Kier molecular flexibility index (Phi) is 5.70. The molecule has 0 saturated carbocycles. The van der Waals surface area contributed by atoms with Gasteiger partial charge in [-0.25, -0.2) is 5.84 Å². The van der Waals surface area contributed by atoms with Crippen molar-refractivity contribution >= 4 is 5.84 Å². The number of ether oxygens (including phenoxy) is 2. The van der Waals surface area contributed by atoms with Gasteiger partial charge in [-0.15, -0.1) is 0 Å². The normalized spacial score (nSPS) is 19.8. The zero-order chi connectivity index (χ0) is 18.5. The number of hydrazine groups is 1. The van der Waals surface area contributed by atoms with E-state index in [1.165, 1.54) is 24.0 Å². The van der Waals surface area contributed by atoms with Gasteiger partial charge >= 0.3 is 0 Å². The molecule has 1 unspecified atom stereocenters. The summed E-state index contributed by atoms with van der Waals surface area (Å²) in [5.41, 5.74) is 3.61. The Morgan fingerprint density at radius 2 is 1.78 bits per heavy atom. The molecule has 0 aliphatic carbocycles. The van der Waals surface area contributed by atoms with Crippen molar-refractivity contribution in [2.45, 2.75) is 31.8 Å². The number of aliphatic imine (C=N–C) groups is 1. The number of nitrogens with zero attached hydrogens (tertiary/aromatic N) is 2. The quantitative estimate of drug-likeness (QED) is 0.799. The minimum atomic E-state index is 0.242. The van der Waals surface area contributed by atoms with Gasteiger partial charge in [-0.2, -0.15) is 0 Å². The molecule has 0 amide bonds. The molecular formula is C22H27N3O2. The van der Waals surface area contributed by atoms with Gasteiger partial charge in [0, 0.05) is 12.2 Å². The molecule has 2 aromatic rings. The third-order valence-corrected chi connectivity index (χ3v) is 5.13. The summed E-state index contributed by atoms with van der Waals surface area (Å²) in [7, 11) is 0. The van der Waals surface area contributed by atoms with Crippen molar-refractivity contribution in [3.63, 3.8) is 0 Å². The second-order valence-corrected chi connectivity index (χ2v) is 7.22. The standard InChI is InChI=1S/C22H27N3O2/c23-25-13-12-24-22(25)19-8-4-17(5-9-19)15-18-6-10-20(11-7-18)27-16-21-3-1-2-14-26-21/h4-11,21H,1-3,12-16,23H2. The number of benzene rings is 2. The van der Waals surface area contributed by atoms with Crippen molar-refractivity contribution in [1.29, 1.82) is 0 Å². The van der Waals surface area contributed by atoms with E-state index in [9.17, 15) is 0 Å². The first-order valence-electron chi connectivity index (χ1n) is 9.77. The molecule has 5 heteroatoms. The number of rotatable bonds is 6. The van der Waals surface area contributed by atoms with E-state index in [-0.39, 0.29) is 6.10 Å². The van der Waals surface area contributed by atoms with Crippen molar-refractivity contribution in [2.24, 2.45) is 10.8 Å². The maximum absolute atomic E-state index is 5.94. The Morgan fingerprint density at radius 3 is 2.41 bits per heavy atom. The molecule has 1 saturated heterocycles. The van der Waals surface area contributed by atoms with Gasteiger partial charge in [-0.3, -0.25) is 10.0 Å². The maximum atomic E-state index is 5.94. The van der Waals surface area contributed by atoms with Gasteiger partial charge in [0.25, 0.3) is 0 Å². The molecule has 0 spiro atoms. The Labute approximate surface area is 160 Å². The fourth-order valence-electron chi connectivity index (χ4n) is 3.56. The van der Waals surface area contributed by atoms with Crippen molar-refractivity contribution in [2.75, 3.05) is 26.3 Å². The Bertz CT molecular complexity index is 765. The molecule has 2 heterocycles. The lowest BCUT2D eigenvalue weighted by atomic mass is 10.0. The number of amidine groups is 1. The van der Waals surface area contributed by atoms with Crippen LogP contribution in [0.1, 0.15) is 36.0 Å². The lowest BCUT2D eigenvalue weighted by molar-refractivity contribution is -0.0110. The average molecular weight is 365 g/mol. The van der Waals surface area contributed by atoms with Gasteiger partial charge in [0.15, 0.2) is 0 Å². The van der Waals surface area contributed by atoms with E-state index in [0.717, 1.165) is 49.7 Å². The van der Waals surface area contributed by atoms with E-state index in [0.29, 0.717) is 6.61 Å². The molecule has 142 valence electrons. The molecule has 1 fully saturated rings.